The van der Waals surface area contributed by atoms with Gasteiger partial charge >= 0.3 is 0 Å². The van der Waals surface area contributed by atoms with Crippen LogP contribution in [-0.4, -0.2) is 44.3 Å². The second-order valence-corrected chi connectivity index (χ2v) is 5.65. The second-order valence-electron chi connectivity index (χ2n) is 5.65. The Balaban J connectivity index is 1.66. The summed E-state index contributed by atoms with van der Waals surface area (Å²) in [6.07, 6.45) is 3.39. The third-order valence-corrected chi connectivity index (χ3v) is 3.91. The second kappa shape index (κ2) is 7.63. The highest BCUT2D eigenvalue weighted by Crippen LogP contribution is 2.16. The molecule has 1 fully saturated rings. The van der Waals surface area contributed by atoms with E-state index in [9.17, 15) is 0 Å². The van der Waals surface area contributed by atoms with Gasteiger partial charge in [-0.3, -0.25) is 0 Å². The third-order valence-electron chi connectivity index (χ3n) is 3.91. The Hall–Kier alpha value is -0.900. The summed E-state index contributed by atoms with van der Waals surface area (Å²) < 4.78 is 5.23. The Morgan fingerprint density at radius 1 is 1.37 bits per heavy atom. The van der Waals surface area contributed by atoms with Crippen molar-refractivity contribution in [2.45, 2.75) is 25.3 Å². The van der Waals surface area contributed by atoms with E-state index in [1.807, 2.05) is 0 Å². The molecular formula is C16H26N2O. The lowest BCUT2D eigenvalue weighted by Crippen LogP contribution is -2.36. The lowest BCUT2D eigenvalue weighted by atomic mass is 10.1. The maximum atomic E-state index is 6.25. The van der Waals surface area contributed by atoms with Gasteiger partial charge in [0.2, 0.25) is 0 Å². The summed E-state index contributed by atoms with van der Waals surface area (Å²) in [6.45, 7) is 4.22. The Morgan fingerprint density at radius 3 is 2.89 bits per heavy atom. The summed E-state index contributed by atoms with van der Waals surface area (Å²) in [5.74, 6) is 0.700. The highest BCUT2D eigenvalue weighted by Gasteiger charge is 2.23. The van der Waals surface area contributed by atoms with Crippen LogP contribution in [0.25, 0.3) is 0 Å². The summed E-state index contributed by atoms with van der Waals surface area (Å²) in [6, 6.07) is 10.9. The molecule has 0 amide bonds. The van der Waals surface area contributed by atoms with Gasteiger partial charge in [-0.1, -0.05) is 30.3 Å². The van der Waals surface area contributed by atoms with E-state index in [0.717, 1.165) is 32.5 Å². The third kappa shape index (κ3) is 4.94. The zero-order valence-corrected chi connectivity index (χ0v) is 11.9. The minimum atomic E-state index is 0.279. The fourth-order valence-electron chi connectivity index (χ4n) is 2.87. The first-order valence-electron chi connectivity index (χ1n) is 7.28. The molecule has 2 unspecified atom stereocenters. The van der Waals surface area contributed by atoms with E-state index in [0.29, 0.717) is 5.92 Å². The van der Waals surface area contributed by atoms with Crippen LogP contribution in [0.5, 0.6) is 0 Å². The standard InChI is InChI=1S/C16H26N2O/c1-19-13-15-9-10-18(11-15)12-16(17)8-7-14-5-3-2-4-6-14/h2-6,15-16H,7-13,17H2,1H3. The number of likely N-dealkylation sites (tertiary alicyclic amines) is 1. The van der Waals surface area contributed by atoms with Crippen molar-refractivity contribution in [3.05, 3.63) is 35.9 Å². The molecule has 19 heavy (non-hydrogen) atoms. The van der Waals surface area contributed by atoms with Crippen molar-refractivity contribution in [1.29, 1.82) is 0 Å². The largest absolute Gasteiger partial charge is 0.384 e. The fraction of sp³-hybridized carbons (Fsp3) is 0.625. The molecule has 3 heteroatoms. The van der Waals surface area contributed by atoms with Crippen molar-refractivity contribution in [2.75, 3.05) is 33.4 Å². The SMILES string of the molecule is COCC1CCN(CC(N)CCc2ccccc2)C1. The molecule has 0 aliphatic carbocycles. The van der Waals surface area contributed by atoms with Gasteiger partial charge in [0.25, 0.3) is 0 Å². The van der Waals surface area contributed by atoms with Crippen molar-refractivity contribution in [3.63, 3.8) is 0 Å². The van der Waals surface area contributed by atoms with Gasteiger partial charge in [-0.2, -0.15) is 0 Å². The summed E-state index contributed by atoms with van der Waals surface area (Å²) >= 11 is 0. The Bertz CT molecular complexity index is 355. The molecular weight excluding hydrogens is 236 g/mol. The number of ether oxygens (including phenoxy) is 1. The number of hydrogen-bond donors (Lipinski definition) is 1. The molecule has 0 spiro atoms. The topological polar surface area (TPSA) is 38.5 Å². The quantitative estimate of drug-likeness (QED) is 0.816. The Kier molecular flexibility index (Phi) is 5.83. The lowest BCUT2D eigenvalue weighted by molar-refractivity contribution is 0.152. The first kappa shape index (κ1) is 14.5. The predicted molar refractivity (Wildman–Crippen MR) is 79.2 cm³/mol. The first-order chi connectivity index (χ1) is 9.28. The van der Waals surface area contributed by atoms with Gasteiger partial charge in [-0.05, 0) is 37.3 Å². The number of methoxy groups -OCH3 is 1. The molecule has 0 aromatic heterocycles. The monoisotopic (exact) mass is 262 g/mol. The van der Waals surface area contributed by atoms with Gasteiger partial charge in [0, 0.05) is 26.2 Å². The van der Waals surface area contributed by atoms with Gasteiger partial charge in [-0.25, -0.2) is 0 Å². The van der Waals surface area contributed by atoms with Crippen LogP contribution >= 0.6 is 0 Å². The van der Waals surface area contributed by atoms with Crippen molar-refractivity contribution in [3.8, 4) is 0 Å². The van der Waals surface area contributed by atoms with Gasteiger partial charge < -0.3 is 15.4 Å². The van der Waals surface area contributed by atoms with Gasteiger partial charge in [0.15, 0.2) is 0 Å². The molecule has 2 rings (SSSR count). The van der Waals surface area contributed by atoms with Crippen LogP contribution in [0.4, 0.5) is 0 Å². The van der Waals surface area contributed by atoms with Crippen LogP contribution in [0, 0.1) is 5.92 Å². The summed E-state index contributed by atoms with van der Waals surface area (Å²) in [5.41, 5.74) is 7.63. The summed E-state index contributed by atoms with van der Waals surface area (Å²) in [5, 5.41) is 0. The molecule has 1 aliphatic rings. The number of rotatable bonds is 7. The molecule has 1 aromatic carbocycles. The van der Waals surface area contributed by atoms with E-state index in [1.54, 1.807) is 7.11 Å². The smallest absolute Gasteiger partial charge is 0.0503 e. The normalized spacial score (nSPS) is 21.7. The number of nitrogens with zero attached hydrogens (tertiary/aromatic N) is 1. The van der Waals surface area contributed by atoms with E-state index in [2.05, 4.69) is 35.2 Å². The van der Waals surface area contributed by atoms with Crippen molar-refractivity contribution in [2.24, 2.45) is 11.7 Å². The molecule has 0 saturated carbocycles. The minimum Gasteiger partial charge on any atom is -0.384 e. The number of benzene rings is 1. The molecule has 3 nitrogen and oxygen atoms in total. The van der Waals surface area contributed by atoms with Crippen molar-refractivity contribution < 1.29 is 4.74 Å². The van der Waals surface area contributed by atoms with Crippen LogP contribution in [0.15, 0.2) is 30.3 Å². The molecule has 1 aromatic rings. The van der Waals surface area contributed by atoms with Gasteiger partial charge in [-0.15, -0.1) is 0 Å². The van der Waals surface area contributed by atoms with Gasteiger partial charge in [0.1, 0.15) is 0 Å². The van der Waals surface area contributed by atoms with Gasteiger partial charge in [0.05, 0.1) is 6.61 Å². The number of hydrogen-bond acceptors (Lipinski definition) is 3. The average Bonchev–Trinajstić information content (AvgIpc) is 2.85. The molecule has 2 N–H and O–H groups in total. The Morgan fingerprint density at radius 2 is 2.16 bits per heavy atom. The van der Waals surface area contributed by atoms with E-state index < -0.39 is 0 Å². The molecule has 1 heterocycles. The fourth-order valence-corrected chi connectivity index (χ4v) is 2.87. The Labute approximate surface area is 116 Å². The van der Waals surface area contributed by atoms with Crippen molar-refractivity contribution >= 4 is 0 Å². The minimum absolute atomic E-state index is 0.279. The van der Waals surface area contributed by atoms with Crippen LogP contribution in [0.3, 0.4) is 0 Å². The highest BCUT2D eigenvalue weighted by molar-refractivity contribution is 5.14. The van der Waals surface area contributed by atoms with E-state index in [1.165, 1.54) is 18.5 Å². The maximum Gasteiger partial charge on any atom is 0.0503 e. The van der Waals surface area contributed by atoms with E-state index in [4.69, 9.17) is 10.5 Å². The van der Waals surface area contributed by atoms with Crippen LogP contribution in [-0.2, 0) is 11.2 Å². The van der Waals surface area contributed by atoms with Crippen LogP contribution in [0.2, 0.25) is 0 Å². The van der Waals surface area contributed by atoms with Crippen LogP contribution in [0.1, 0.15) is 18.4 Å². The zero-order chi connectivity index (χ0) is 13.5. The molecule has 106 valence electrons. The summed E-state index contributed by atoms with van der Waals surface area (Å²) in [7, 11) is 1.79. The van der Waals surface area contributed by atoms with Crippen molar-refractivity contribution in [1.82, 2.24) is 4.90 Å². The average molecular weight is 262 g/mol. The van der Waals surface area contributed by atoms with E-state index in [-0.39, 0.29) is 6.04 Å². The number of nitrogens with two attached hydrogens (primary N) is 1. The predicted octanol–water partition coefficient (Wildman–Crippen LogP) is 1.91. The molecule has 1 aliphatic heterocycles. The highest BCUT2D eigenvalue weighted by atomic mass is 16.5. The zero-order valence-electron chi connectivity index (χ0n) is 11.9. The summed E-state index contributed by atoms with van der Waals surface area (Å²) in [4.78, 5) is 2.49. The maximum absolute atomic E-state index is 6.25. The molecule has 0 bridgehead atoms. The number of aryl methyl sites for hydroxylation is 1. The van der Waals surface area contributed by atoms with Crippen LogP contribution < -0.4 is 5.73 Å². The molecule has 0 radical (unpaired) electrons. The molecule has 1 saturated heterocycles. The van der Waals surface area contributed by atoms with E-state index >= 15 is 0 Å². The molecule has 2 atom stereocenters. The first-order valence-corrected chi connectivity index (χ1v) is 7.28. The lowest BCUT2D eigenvalue weighted by Gasteiger charge is -2.20.